The molecule has 5 nitrogen and oxygen atoms in total. The lowest BCUT2D eigenvalue weighted by Gasteiger charge is -2.09. The van der Waals surface area contributed by atoms with Crippen molar-refractivity contribution in [1.29, 1.82) is 0 Å². The summed E-state index contributed by atoms with van der Waals surface area (Å²) in [4.78, 5) is 8.72. The first-order valence-electron chi connectivity index (χ1n) is 2.91. The molecule has 0 aromatic rings. The van der Waals surface area contributed by atoms with Gasteiger partial charge >= 0.3 is 7.82 Å². The number of rotatable bonds is 6. The van der Waals surface area contributed by atoms with E-state index >= 15 is 0 Å². The summed E-state index contributed by atoms with van der Waals surface area (Å²) in [5.41, 5.74) is 0. The van der Waals surface area contributed by atoms with E-state index in [0.717, 1.165) is 0 Å². The van der Waals surface area contributed by atoms with E-state index in [1.54, 1.807) is 0 Å². The van der Waals surface area contributed by atoms with E-state index < -0.39 is 7.82 Å². The van der Waals surface area contributed by atoms with E-state index in [4.69, 9.17) is 21.6 Å². The second kappa shape index (κ2) is 5.94. The first kappa shape index (κ1) is 11.4. The molecular formula is C4H10ClO5P. The smallest absolute Gasteiger partial charge is 0.394 e. The number of aliphatic hydroxyl groups excluding tert-OH is 1. The first-order valence-corrected chi connectivity index (χ1v) is 4.94. The Bertz CT molecular complexity index is 128. The van der Waals surface area contributed by atoms with Crippen LogP contribution >= 0.6 is 19.4 Å². The number of alkyl halides is 1. The Morgan fingerprint density at radius 2 is 1.91 bits per heavy atom. The van der Waals surface area contributed by atoms with Crippen molar-refractivity contribution >= 4 is 19.4 Å². The number of aliphatic hydroxyl groups is 1. The average molecular weight is 205 g/mol. The van der Waals surface area contributed by atoms with Gasteiger partial charge in [0.2, 0.25) is 0 Å². The molecule has 0 saturated heterocycles. The molecule has 7 heteroatoms. The maximum Gasteiger partial charge on any atom is 0.472 e. The highest BCUT2D eigenvalue weighted by molar-refractivity contribution is 7.47. The molecule has 0 aliphatic heterocycles. The highest BCUT2D eigenvalue weighted by atomic mass is 35.5. The summed E-state index contributed by atoms with van der Waals surface area (Å²) in [6.07, 6.45) is 0. The first-order chi connectivity index (χ1) is 5.12. The molecule has 0 aliphatic rings. The minimum absolute atomic E-state index is 0.0548. The van der Waals surface area contributed by atoms with E-state index in [-0.39, 0.29) is 25.7 Å². The zero-order valence-corrected chi connectivity index (χ0v) is 7.42. The van der Waals surface area contributed by atoms with Crippen molar-refractivity contribution in [2.24, 2.45) is 0 Å². The van der Waals surface area contributed by atoms with Crippen LogP contribution in [0.2, 0.25) is 0 Å². The summed E-state index contributed by atoms with van der Waals surface area (Å²) < 4.78 is 19.3. The van der Waals surface area contributed by atoms with Gasteiger partial charge in [-0.25, -0.2) is 4.57 Å². The lowest BCUT2D eigenvalue weighted by atomic mass is 10.8. The summed E-state index contributed by atoms with van der Waals surface area (Å²) in [6.45, 7) is -0.606. The number of halogens is 1. The average Bonchev–Trinajstić information content (AvgIpc) is 1.97. The molecule has 2 N–H and O–H groups in total. The quantitative estimate of drug-likeness (QED) is 0.482. The van der Waals surface area contributed by atoms with Crippen LogP contribution in [0.1, 0.15) is 0 Å². The largest absolute Gasteiger partial charge is 0.472 e. The van der Waals surface area contributed by atoms with Crippen LogP contribution in [0, 0.1) is 0 Å². The molecule has 0 rings (SSSR count). The molecule has 0 aromatic carbocycles. The van der Waals surface area contributed by atoms with Crippen LogP contribution in [-0.4, -0.2) is 35.7 Å². The Morgan fingerprint density at radius 1 is 1.36 bits per heavy atom. The molecule has 0 aromatic heterocycles. The van der Waals surface area contributed by atoms with Gasteiger partial charge in [-0.1, -0.05) is 0 Å². The topological polar surface area (TPSA) is 76.0 Å². The monoisotopic (exact) mass is 204 g/mol. The Morgan fingerprint density at radius 3 is 2.36 bits per heavy atom. The molecule has 1 atom stereocenters. The maximum atomic E-state index is 10.7. The van der Waals surface area contributed by atoms with Crippen molar-refractivity contribution < 1.29 is 23.6 Å². The zero-order valence-electron chi connectivity index (χ0n) is 5.77. The maximum absolute atomic E-state index is 10.7. The van der Waals surface area contributed by atoms with Gasteiger partial charge in [0.15, 0.2) is 0 Å². The van der Waals surface area contributed by atoms with E-state index in [1.165, 1.54) is 0 Å². The van der Waals surface area contributed by atoms with E-state index in [0.29, 0.717) is 0 Å². The SMILES string of the molecule is O=P(O)(OCCO)OCCCl. The molecule has 0 aliphatic carbocycles. The van der Waals surface area contributed by atoms with Crippen LogP contribution in [-0.2, 0) is 13.6 Å². The Hall–Kier alpha value is 0.360. The highest BCUT2D eigenvalue weighted by Crippen LogP contribution is 2.42. The summed E-state index contributed by atoms with van der Waals surface area (Å²) >= 11 is 5.18. The van der Waals surface area contributed by atoms with E-state index in [1.807, 2.05) is 0 Å². The van der Waals surface area contributed by atoms with Gasteiger partial charge in [-0.15, -0.1) is 11.6 Å². The van der Waals surface area contributed by atoms with Crippen LogP contribution in [0.4, 0.5) is 0 Å². The Kier molecular flexibility index (Phi) is 6.14. The van der Waals surface area contributed by atoms with Gasteiger partial charge in [-0.05, 0) is 0 Å². The molecule has 68 valence electrons. The second-order valence-corrected chi connectivity index (χ2v) is 3.38. The zero-order chi connectivity index (χ0) is 8.74. The van der Waals surface area contributed by atoms with Crippen molar-refractivity contribution in [3.63, 3.8) is 0 Å². The molecule has 0 fully saturated rings. The van der Waals surface area contributed by atoms with Gasteiger partial charge in [0.1, 0.15) is 0 Å². The lowest BCUT2D eigenvalue weighted by molar-refractivity contribution is 0.127. The Labute approximate surface area is 69.5 Å². The summed E-state index contributed by atoms with van der Waals surface area (Å²) in [5.74, 6) is 0.118. The van der Waals surface area contributed by atoms with Gasteiger partial charge in [0.25, 0.3) is 0 Å². The van der Waals surface area contributed by atoms with Crippen molar-refractivity contribution in [1.82, 2.24) is 0 Å². The van der Waals surface area contributed by atoms with E-state index in [2.05, 4.69) is 9.05 Å². The molecule has 1 unspecified atom stereocenters. The highest BCUT2D eigenvalue weighted by Gasteiger charge is 2.19. The molecule has 0 amide bonds. The molecule has 0 heterocycles. The summed E-state index contributed by atoms with van der Waals surface area (Å²) in [7, 11) is -3.97. The second-order valence-electron chi connectivity index (χ2n) is 1.55. The Balaban J connectivity index is 3.53. The summed E-state index contributed by atoms with van der Waals surface area (Å²) in [6, 6.07) is 0. The van der Waals surface area contributed by atoms with E-state index in [9.17, 15) is 4.57 Å². The fraction of sp³-hybridized carbons (Fsp3) is 1.00. The van der Waals surface area contributed by atoms with Crippen molar-refractivity contribution in [2.75, 3.05) is 25.7 Å². The predicted octanol–water partition coefficient (Wildman–Crippen LogP) is 0.351. The van der Waals surface area contributed by atoms with Gasteiger partial charge < -0.3 is 10.00 Å². The molecule has 0 radical (unpaired) electrons. The van der Waals surface area contributed by atoms with Gasteiger partial charge in [0, 0.05) is 5.88 Å². The molecule has 11 heavy (non-hydrogen) atoms. The third kappa shape index (κ3) is 6.75. The number of phosphoric acid groups is 1. The predicted molar refractivity (Wildman–Crippen MR) is 39.5 cm³/mol. The number of hydrogen-bond donors (Lipinski definition) is 2. The van der Waals surface area contributed by atoms with Crippen LogP contribution in [0.5, 0.6) is 0 Å². The van der Waals surface area contributed by atoms with Crippen molar-refractivity contribution in [2.45, 2.75) is 0 Å². The normalized spacial score (nSPS) is 16.3. The number of phosphoric ester groups is 1. The molecular weight excluding hydrogens is 194 g/mol. The van der Waals surface area contributed by atoms with Crippen LogP contribution in [0.15, 0.2) is 0 Å². The molecule has 0 saturated carbocycles. The summed E-state index contributed by atoms with van der Waals surface area (Å²) in [5, 5.41) is 8.22. The fourth-order valence-corrected chi connectivity index (χ4v) is 1.24. The van der Waals surface area contributed by atoms with Crippen LogP contribution in [0.25, 0.3) is 0 Å². The fourth-order valence-electron chi connectivity index (χ4n) is 0.343. The molecule has 0 spiro atoms. The molecule has 0 bridgehead atoms. The van der Waals surface area contributed by atoms with Gasteiger partial charge in [-0.3, -0.25) is 9.05 Å². The van der Waals surface area contributed by atoms with Gasteiger partial charge in [0.05, 0.1) is 19.8 Å². The van der Waals surface area contributed by atoms with Crippen molar-refractivity contribution in [3.05, 3.63) is 0 Å². The minimum Gasteiger partial charge on any atom is -0.394 e. The number of hydrogen-bond acceptors (Lipinski definition) is 4. The van der Waals surface area contributed by atoms with Gasteiger partial charge in [-0.2, -0.15) is 0 Å². The third-order valence-electron chi connectivity index (χ3n) is 0.677. The minimum atomic E-state index is -3.97. The van der Waals surface area contributed by atoms with Crippen LogP contribution < -0.4 is 0 Å². The van der Waals surface area contributed by atoms with Crippen molar-refractivity contribution in [3.8, 4) is 0 Å². The third-order valence-corrected chi connectivity index (χ3v) is 1.85. The lowest BCUT2D eigenvalue weighted by Crippen LogP contribution is -2.01. The van der Waals surface area contributed by atoms with Crippen LogP contribution in [0.3, 0.4) is 0 Å². The standard InChI is InChI=1S/C4H10ClO5P/c5-1-3-9-11(7,8)10-4-2-6/h6H,1-4H2,(H,7,8).